The fourth-order valence-corrected chi connectivity index (χ4v) is 4.04. The summed E-state index contributed by atoms with van der Waals surface area (Å²) in [6, 6.07) is 12.8. The predicted octanol–water partition coefficient (Wildman–Crippen LogP) is 6.10. The van der Waals surface area contributed by atoms with E-state index in [2.05, 4.69) is 107 Å². The second-order valence-corrected chi connectivity index (χ2v) is 8.58. The Morgan fingerprint density at radius 1 is 1.10 bits per heavy atom. The smallest absolute Gasteiger partial charge is 0.0723 e. The highest BCUT2D eigenvalue weighted by Crippen LogP contribution is 2.37. The number of hydrogen-bond acceptors (Lipinski definition) is 1. The van der Waals surface area contributed by atoms with Crippen LogP contribution in [-0.4, -0.2) is 12.3 Å². The Hall–Kier alpha value is 0.280. The fraction of sp³-hybridized carbons (Fsp3) is 0.133. The topological polar surface area (TPSA) is 12.4 Å². The fourth-order valence-electron chi connectivity index (χ4n) is 2.26. The summed E-state index contributed by atoms with van der Waals surface area (Å²) in [7, 11) is 0. The van der Waals surface area contributed by atoms with Crippen LogP contribution in [0, 0.1) is 3.57 Å². The SMILES string of the molecule is Brc1cc2c(cc1Br)C(Br)CN=C2c1cccc(I)c1. The summed E-state index contributed by atoms with van der Waals surface area (Å²) in [6.45, 7) is 0.766. The zero-order valence-corrected chi connectivity index (χ0v) is 17.1. The molecule has 0 aliphatic carbocycles. The Labute approximate surface area is 156 Å². The van der Waals surface area contributed by atoms with Gasteiger partial charge in [-0.25, -0.2) is 0 Å². The van der Waals surface area contributed by atoms with Gasteiger partial charge in [0.1, 0.15) is 0 Å². The zero-order chi connectivity index (χ0) is 14.3. The number of aliphatic imine (C=N–C) groups is 1. The summed E-state index contributed by atoms with van der Waals surface area (Å²) in [4.78, 5) is 5.04. The van der Waals surface area contributed by atoms with E-state index in [4.69, 9.17) is 4.99 Å². The number of alkyl halides is 1. The Morgan fingerprint density at radius 3 is 2.60 bits per heavy atom. The molecular weight excluding hydrogens is 561 g/mol. The van der Waals surface area contributed by atoms with Crippen LogP contribution in [0.3, 0.4) is 0 Å². The maximum atomic E-state index is 4.76. The van der Waals surface area contributed by atoms with E-state index in [1.165, 1.54) is 20.3 Å². The van der Waals surface area contributed by atoms with Crippen LogP contribution in [-0.2, 0) is 0 Å². The lowest BCUT2D eigenvalue weighted by molar-refractivity contribution is 0.932. The molecule has 5 heteroatoms. The highest BCUT2D eigenvalue weighted by atomic mass is 127. The van der Waals surface area contributed by atoms with Crippen LogP contribution in [0.15, 0.2) is 50.3 Å². The Morgan fingerprint density at radius 2 is 1.85 bits per heavy atom. The molecule has 1 nitrogen and oxygen atoms in total. The predicted molar refractivity (Wildman–Crippen MR) is 103 cm³/mol. The molecule has 1 aliphatic heterocycles. The molecule has 0 radical (unpaired) electrons. The third-order valence-corrected chi connectivity index (χ3v) is 6.49. The minimum Gasteiger partial charge on any atom is -0.283 e. The summed E-state index contributed by atoms with van der Waals surface area (Å²) in [6.07, 6.45) is 0. The average molecular weight is 570 g/mol. The lowest BCUT2D eigenvalue weighted by Gasteiger charge is -2.22. The number of fused-ring (bicyclic) bond motifs is 1. The molecule has 0 spiro atoms. The van der Waals surface area contributed by atoms with Crippen LogP contribution in [0.25, 0.3) is 0 Å². The molecule has 3 rings (SSSR count). The van der Waals surface area contributed by atoms with Gasteiger partial charge in [0.2, 0.25) is 0 Å². The standard InChI is InChI=1S/C15H9Br3IN/c16-12-5-10-11(6-13(12)17)15(20-7-14(10)18)8-2-1-3-9(19)4-8/h1-6,14H,7H2. The molecule has 2 aromatic rings. The first kappa shape index (κ1) is 15.2. The van der Waals surface area contributed by atoms with E-state index < -0.39 is 0 Å². The molecule has 0 bridgehead atoms. The summed E-state index contributed by atoms with van der Waals surface area (Å²) >= 11 is 13.2. The van der Waals surface area contributed by atoms with Crippen molar-refractivity contribution in [3.8, 4) is 0 Å². The van der Waals surface area contributed by atoms with Gasteiger partial charge < -0.3 is 0 Å². The number of halogens is 4. The molecule has 0 fully saturated rings. The second-order valence-electron chi connectivity index (χ2n) is 4.52. The minimum atomic E-state index is 0.272. The van der Waals surface area contributed by atoms with Gasteiger partial charge in [0.05, 0.1) is 17.1 Å². The average Bonchev–Trinajstić information content (AvgIpc) is 2.41. The van der Waals surface area contributed by atoms with Crippen LogP contribution < -0.4 is 0 Å². The van der Waals surface area contributed by atoms with Crippen LogP contribution in [0.4, 0.5) is 0 Å². The van der Waals surface area contributed by atoms with Gasteiger partial charge in [-0.3, -0.25) is 4.99 Å². The van der Waals surface area contributed by atoms with E-state index in [0.29, 0.717) is 0 Å². The van der Waals surface area contributed by atoms with Gasteiger partial charge in [0.25, 0.3) is 0 Å². The summed E-state index contributed by atoms with van der Waals surface area (Å²) < 4.78 is 3.35. The van der Waals surface area contributed by atoms with Gasteiger partial charge >= 0.3 is 0 Å². The maximum Gasteiger partial charge on any atom is 0.0723 e. The molecule has 0 saturated heterocycles. The number of rotatable bonds is 1. The van der Waals surface area contributed by atoms with E-state index in [9.17, 15) is 0 Å². The third kappa shape index (κ3) is 2.91. The monoisotopic (exact) mass is 567 g/mol. The Kier molecular flexibility index (Phi) is 4.69. The summed E-state index contributed by atoms with van der Waals surface area (Å²) in [5.41, 5.74) is 4.72. The van der Waals surface area contributed by atoms with Gasteiger partial charge in [0, 0.05) is 23.6 Å². The Balaban J connectivity index is 2.19. The number of hydrogen-bond donors (Lipinski definition) is 0. The van der Waals surface area contributed by atoms with Gasteiger partial charge in [-0.15, -0.1) is 0 Å². The first-order valence-corrected chi connectivity index (χ1v) is 9.58. The minimum absolute atomic E-state index is 0.272. The molecule has 102 valence electrons. The Bertz CT molecular complexity index is 712. The van der Waals surface area contributed by atoms with Gasteiger partial charge in [-0.2, -0.15) is 0 Å². The zero-order valence-electron chi connectivity index (χ0n) is 10.2. The maximum absolute atomic E-state index is 4.76. The van der Waals surface area contributed by atoms with Crippen molar-refractivity contribution in [1.29, 1.82) is 0 Å². The van der Waals surface area contributed by atoms with Crippen molar-refractivity contribution in [2.75, 3.05) is 6.54 Å². The molecule has 1 unspecified atom stereocenters. The highest BCUT2D eigenvalue weighted by Gasteiger charge is 2.23. The van der Waals surface area contributed by atoms with Crippen molar-refractivity contribution >= 4 is 76.1 Å². The van der Waals surface area contributed by atoms with E-state index in [1.54, 1.807) is 0 Å². The molecule has 2 aromatic carbocycles. The lowest BCUT2D eigenvalue weighted by Crippen LogP contribution is -2.16. The van der Waals surface area contributed by atoms with Gasteiger partial charge in [0.15, 0.2) is 0 Å². The van der Waals surface area contributed by atoms with E-state index in [-0.39, 0.29) is 4.83 Å². The molecule has 0 saturated carbocycles. The van der Waals surface area contributed by atoms with E-state index >= 15 is 0 Å². The molecule has 20 heavy (non-hydrogen) atoms. The second kappa shape index (κ2) is 6.18. The van der Waals surface area contributed by atoms with Crippen molar-refractivity contribution < 1.29 is 0 Å². The molecule has 0 aromatic heterocycles. The van der Waals surface area contributed by atoms with Crippen molar-refractivity contribution in [1.82, 2.24) is 0 Å². The highest BCUT2D eigenvalue weighted by molar-refractivity contribution is 14.1. The van der Waals surface area contributed by atoms with Crippen molar-refractivity contribution in [3.63, 3.8) is 0 Å². The lowest BCUT2D eigenvalue weighted by atomic mass is 9.93. The van der Waals surface area contributed by atoms with Crippen LogP contribution in [0.2, 0.25) is 0 Å². The largest absolute Gasteiger partial charge is 0.283 e. The molecule has 1 aliphatic rings. The van der Waals surface area contributed by atoms with Crippen molar-refractivity contribution in [3.05, 3.63) is 65.6 Å². The van der Waals surface area contributed by atoms with E-state index in [0.717, 1.165) is 21.2 Å². The van der Waals surface area contributed by atoms with Crippen LogP contribution in [0.1, 0.15) is 21.5 Å². The van der Waals surface area contributed by atoms with Crippen molar-refractivity contribution in [2.24, 2.45) is 4.99 Å². The molecule has 1 heterocycles. The quantitative estimate of drug-likeness (QED) is 0.291. The van der Waals surface area contributed by atoms with Crippen molar-refractivity contribution in [2.45, 2.75) is 4.83 Å². The van der Waals surface area contributed by atoms with Crippen LogP contribution >= 0.6 is 70.4 Å². The summed E-state index contributed by atoms with van der Waals surface area (Å²) in [5, 5.41) is 0. The van der Waals surface area contributed by atoms with Crippen LogP contribution in [0.5, 0.6) is 0 Å². The normalized spacial score (nSPS) is 17.6. The molecule has 0 N–H and O–H groups in total. The molecule has 0 amide bonds. The third-order valence-electron chi connectivity index (χ3n) is 3.19. The molecular formula is C15H9Br3IN. The van der Waals surface area contributed by atoms with Gasteiger partial charge in [-0.1, -0.05) is 28.1 Å². The summed E-state index contributed by atoms with van der Waals surface area (Å²) in [5.74, 6) is 0. The van der Waals surface area contributed by atoms with Gasteiger partial charge in [-0.05, 0) is 84.3 Å². The first-order chi connectivity index (χ1) is 9.56. The molecule has 1 atom stereocenters. The number of nitrogens with zero attached hydrogens (tertiary/aromatic N) is 1. The number of benzene rings is 2. The van der Waals surface area contributed by atoms with E-state index in [1.807, 2.05) is 0 Å². The first-order valence-electron chi connectivity index (χ1n) is 6.00.